The Bertz CT molecular complexity index is 1290. The van der Waals surface area contributed by atoms with Gasteiger partial charge in [0, 0.05) is 24.0 Å². The SMILES string of the molecule is CS(=O)(=O)c1ccc2c(ccn2NC(=O)Oc2cnc(-c3ccccn3)nc2)c1. The van der Waals surface area contributed by atoms with Crippen molar-refractivity contribution in [2.24, 2.45) is 0 Å². The molecule has 0 bridgehead atoms. The first-order valence-electron chi connectivity index (χ1n) is 8.43. The average Bonchev–Trinajstić information content (AvgIpc) is 3.10. The standard InChI is InChI=1S/C19H15N5O4S/c1-29(26,27)15-5-6-17-13(10-15)7-9-24(17)23-19(25)28-14-11-21-18(22-12-14)16-4-2-3-8-20-16/h2-12H,1H3,(H,23,25). The fourth-order valence-corrected chi connectivity index (χ4v) is 3.33. The molecule has 4 aromatic rings. The lowest BCUT2D eigenvalue weighted by Gasteiger charge is -2.09. The van der Waals surface area contributed by atoms with E-state index in [9.17, 15) is 13.2 Å². The van der Waals surface area contributed by atoms with Gasteiger partial charge in [-0.25, -0.2) is 28.6 Å². The molecule has 9 nitrogen and oxygen atoms in total. The smallest absolute Gasteiger partial charge is 0.406 e. The van der Waals surface area contributed by atoms with E-state index in [1.807, 2.05) is 6.07 Å². The van der Waals surface area contributed by atoms with Crippen molar-refractivity contribution in [2.45, 2.75) is 4.90 Å². The third-order valence-electron chi connectivity index (χ3n) is 4.03. The number of hydrogen-bond acceptors (Lipinski definition) is 7. The van der Waals surface area contributed by atoms with Crippen LogP contribution in [0.2, 0.25) is 0 Å². The molecule has 10 heteroatoms. The summed E-state index contributed by atoms with van der Waals surface area (Å²) < 4.78 is 30.0. The van der Waals surface area contributed by atoms with Crippen molar-refractivity contribution < 1.29 is 17.9 Å². The summed E-state index contributed by atoms with van der Waals surface area (Å²) in [5.74, 6) is 0.578. The largest absolute Gasteiger partial charge is 0.432 e. The van der Waals surface area contributed by atoms with Crippen molar-refractivity contribution in [1.29, 1.82) is 0 Å². The van der Waals surface area contributed by atoms with E-state index in [0.717, 1.165) is 6.26 Å². The number of rotatable bonds is 4. The van der Waals surface area contributed by atoms with Crippen LogP contribution in [-0.2, 0) is 9.84 Å². The van der Waals surface area contributed by atoms with Gasteiger partial charge in [-0.05, 0) is 36.4 Å². The minimum atomic E-state index is -3.31. The van der Waals surface area contributed by atoms with E-state index in [0.29, 0.717) is 22.4 Å². The Labute approximate surface area is 165 Å². The molecule has 0 saturated heterocycles. The Hall–Kier alpha value is -3.79. The molecule has 0 unspecified atom stereocenters. The van der Waals surface area contributed by atoms with Crippen molar-refractivity contribution in [2.75, 3.05) is 11.7 Å². The van der Waals surface area contributed by atoms with Crippen LogP contribution >= 0.6 is 0 Å². The van der Waals surface area contributed by atoms with Crippen LogP contribution in [0.5, 0.6) is 5.75 Å². The lowest BCUT2D eigenvalue weighted by molar-refractivity contribution is 0.211. The number of benzene rings is 1. The molecule has 0 aliphatic carbocycles. The number of amides is 1. The number of nitrogens with zero attached hydrogens (tertiary/aromatic N) is 4. The Morgan fingerprint density at radius 3 is 2.55 bits per heavy atom. The maximum atomic E-state index is 12.2. The zero-order valence-corrected chi connectivity index (χ0v) is 16.0. The molecule has 0 aliphatic heterocycles. The average molecular weight is 409 g/mol. The molecule has 146 valence electrons. The summed E-state index contributed by atoms with van der Waals surface area (Å²) in [6.45, 7) is 0. The van der Waals surface area contributed by atoms with Gasteiger partial charge in [0.2, 0.25) is 0 Å². The highest BCUT2D eigenvalue weighted by molar-refractivity contribution is 7.90. The van der Waals surface area contributed by atoms with Crippen molar-refractivity contribution in [3.05, 3.63) is 67.3 Å². The normalized spacial score (nSPS) is 11.3. The Kier molecular flexibility index (Phi) is 4.69. The summed E-state index contributed by atoms with van der Waals surface area (Å²) in [6, 6.07) is 11.7. The van der Waals surface area contributed by atoms with Crippen LogP contribution < -0.4 is 10.2 Å². The molecule has 0 atom stereocenters. The molecular formula is C19H15N5O4S. The highest BCUT2D eigenvalue weighted by Gasteiger charge is 2.12. The third kappa shape index (κ3) is 4.06. The lowest BCUT2D eigenvalue weighted by atomic mass is 10.2. The van der Waals surface area contributed by atoms with E-state index in [4.69, 9.17) is 4.74 Å². The van der Waals surface area contributed by atoms with Gasteiger partial charge in [-0.3, -0.25) is 9.66 Å². The van der Waals surface area contributed by atoms with Crippen LogP contribution in [0.4, 0.5) is 4.79 Å². The second-order valence-electron chi connectivity index (χ2n) is 6.14. The van der Waals surface area contributed by atoms with Crippen LogP contribution in [0.25, 0.3) is 22.4 Å². The first kappa shape index (κ1) is 18.6. The fraction of sp³-hybridized carbons (Fsp3) is 0.0526. The maximum absolute atomic E-state index is 12.2. The zero-order chi connectivity index (χ0) is 20.4. The van der Waals surface area contributed by atoms with Gasteiger partial charge < -0.3 is 4.74 Å². The lowest BCUT2D eigenvalue weighted by Crippen LogP contribution is -2.25. The number of fused-ring (bicyclic) bond motifs is 1. The first-order valence-corrected chi connectivity index (χ1v) is 10.3. The summed E-state index contributed by atoms with van der Waals surface area (Å²) in [5, 5.41) is 0.663. The van der Waals surface area contributed by atoms with E-state index >= 15 is 0 Å². The summed E-state index contributed by atoms with van der Waals surface area (Å²) in [7, 11) is -3.31. The summed E-state index contributed by atoms with van der Waals surface area (Å²) in [6.07, 6.45) is 6.38. The first-order chi connectivity index (χ1) is 13.9. The Morgan fingerprint density at radius 1 is 1.07 bits per heavy atom. The molecule has 0 spiro atoms. The summed E-state index contributed by atoms with van der Waals surface area (Å²) in [4.78, 5) is 24.8. The van der Waals surface area contributed by atoms with Gasteiger partial charge in [0.1, 0.15) is 5.69 Å². The second-order valence-corrected chi connectivity index (χ2v) is 8.15. The number of ether oxygens (including phenoxy) is 1. The predicted molar refractivity (Wildman–Crippen MR) is 106 cm³/mol. The second kappa shape index (κ2) is 7.32. The minimum absolute atomic E-state index is 0.165. The van der Waals surface area contributed by atoms with Gasteiger partial charge in [0.05, 0.1) is 22.8 Å². The van der Waals surface area contributed by atoms with Crippen LogP contribution in [0, 0.1) is 0 Å². The molecule has 0 radical (unpaired) electrons. The monoisotopic (exact) mass is 409 g/mol. The molecule has 0 fully saturated rings. The van der Waals surface area contributed by atoms with Crippen molar-refractivity contribution in [1.82, 2.24) is 19.6 Å². The topological polar surface area (TPSA) is 116 Å². The van der Waals surface area contributed by atoms with Gasteiger partial charge in [0.15, 0.2) is 21.4 Å². The van der Waals surface area contributed by atoms with Crippen LogP contribution in [-0.4, -0.2) is 40.4 Å². The Balaban J connectivity index is 1.47. The summed E-state index contributed by atoms with van der Waals surface area (Å²) in [5.41, 5.74) is 3.78. The number of carbonyl (C=O) groups is 1. The highest BCUT2D eigenvalue weighted by atomic mass is 32.2. The fourth-order valence-electron chi connectivity index (χ4n) is 2.67. The van der Waals surface area contributed by atoms with E-state index in [2.05, 4.69) is 20.4 Å². The number of hydrogen-bond donors (Lipinski definition) is 1. The van der Waals surface area contributed by atoms with E-state index < -0.39 is 15.9 Å². The number of sulfone groups is 1. The molecule has 1 amide bonds. The molecule has 0 saturated carbocycles. The highest BCUT2D eigenvalue weighted by Crippen LogP contribution is 2.20. The van der Waals surface area contributed by atoms with E-state index in [-0.39, 0.29) is 10.6 Å². The molecular weight excluding hydrogens is 394 g/mol. The molecule has 0 aliphatic rings. The van der Waals surface area contributed by atoms with Crippen LogP contribution in [0.1, 0.15) is 0 Å². The quantitative estimate of drug-likeness (QED) is 0.551. The van der Waals surface area contributed by atoms with Crippen LogP contribution in [0.15, 0.2) is 72.1 Å². The van der Waals surface area contributed by atoms with E-state index in [1.165, 1.54) is 23.1 Å². The van der Waals surface area contributed by atoms with Crippen LogP contribution in [0.3, 0.4) is 0 Å². The predicted octanol–water partition coefficient (Wildman–Crippen LogP) is 2.64. The number of nitrogens with one attached hydrogen (secondary N) is 1. The third-order valence-corrected chi connectivity index (χ3v) is 5.14. The molecule has 3 aromatic heterocycles. The molecule has 1 N–H and O–H groups in total. The van der Waals surface area contributed by atoms with Crippen molar-refractivity contribution in [3.8, 4) is 17.3 Å². The number of carbonyl (C=O) groups excluding carboxylic acids is 1. The zero-order valence-electron chi connectivity index (χ0n) is 15.2. The van der Waals surface area contributed by atoms with Gasteiger partial charge in [-0.2, -0.15) is 0 Å². The van der Waals surface area contributed by atoms with Crippen molar-refractivity contribution >= 4 is 26.8 Å². The number of aromatic nitrogens is 4. The van der Waals surface area contributed by atoms with Gasteiger partial charge in [-0.1, -0.05) is 6.07 Å². The van der Waals surface area contributed by atoms with Gasteiger partial charge >= 0.3 is 6.09 Å². The number of pyridine rings is 1. The molecule has 29 heavy (non-hydrogen) atoms. The maximum Gasteiger partial charge on any atom is 0.432 e. The van der Waals surface area contributed by atoms with Gasteiger partial charge in [0.25, 0.3) is 0 Å². The molecule has 4 rings (SSSR count). The Morgan fingerprint density at radius 2 is 1.86 bits per heavy atom. The van der Waals surface area contributed by atoms with Crippen molar-refractivity contribution in [3.63, 3.8) is 0 Å². The van der Waals surface area contributed by atoms with E-state index in [1.54, 1.807) is 42.7 Å². The van der Waals surface area contributed by atoms with Gasteiger partial charge in [-0.15, -0.1) is 0 Å². The molecule has 1 aromatic carbocycles. The molecule has 3 heterocycles. The summed E-state index contributed by atoms with van der Waals surface area (Å²) >= 11 is 0. The minimum Gasteiger partial charge on any atom is -0.406 e.